The highest BCUT2D eigenvalue weighted by atomic mass is 19.4. The quantitative estimate of drug-likeness (QED) is 0.315. The third-order valence-corrected chi connectivity index (χ3v) is 3.48. The van der Waals surface area contributed by atoms with E-state index >= 15 is 0 Å². The lowest BCUT2D eigenvalue weighted by Gasteiger charge is -2.17. The lowest BCUT2D eigenvalue weighted by Crippen LogP contribution is -2.28. The molecule has 7 nitrogen and oxygen atoms in total. The molecule has 0 bridgehead atoms. The van der Waals surface area contributed by atoms with Crippen molar-refractivity contribution in [2.45, 2.75) is 32.7 Å². The minimum Gasteiger partial charge on any atom is -0.463 e. The molecule has 0 unspecified atom stereocenters. The number of ether oxygens (including phenoxy) is 2. The van der Waals surface area contributed by atoms with Crippen LogP contribution in [0.15, 0.2) is 35.2 Å². The van der Waals surface area contributed by atoms with Gasteiger partial charge >= 0.3 is 6.18 Å². The fourth-order valence-electron chi connectivity index (χ4n) is 2.01. The van der Waals surface area contributed by atoms with Gasteiger partial charge in [0.1, 0.15) is 6.61 Å². The number of aromatic nitrogens is 4. The van der Waals surface area contributed by atoms with Gasteiger partial charge in [0, 0.05) is 13.3 Å². The summed E-state index contributed by atoms with van der Waals surface area (Å²) in [7, 11) is 1.50. The predicted molar refractivity (Wildman–Crippen MR) is 89.4 cm³/mol. The van der Waals surface area contributed by atoms with Gasteiger partial charge in [-0.15, -0.1) is 10.2 Å². The molecule has 2 rings (SSSR count). The SMILES string of the molecule is C=N/C(O[C@H](C)C(F)(F)F)=C(F)\C=C(/C)c1cn2c(COC)nnc2cn1. The number of hydrogen-bond acceptors (Lipinski definition) is 6. The maximum Gasteiger partial charge on any atom is 0.425 e. The zero-order chi connectivity index (χ0) is 20.2. The van der Waals surface area contributed by atoms with E-state index < -0.39 is 24.0 Å². The van der Waals surface area contributed by atoms with E-state index in [0.717, 1.165) is 13.0 Å². The molecule has 27 heavy (non-hydrogen) atoms. The topological polar surface area (TPSA) is 73.9 Å². The molecule has 2 aromatic heterocycles. The van der Waals surface area contributed by atoms with Gasteiger partial charge in [-0.2, -0.15) is 13.2 Å². The minimum atomic E-state index is -4.66. The molecule has 0 saturated carbocycles. The number of hydrogen-bond donors (Lipinski definition) is 0. The molecule has 2 aromatic rings. The summed E-state index contributed by atoms with van der Waals surface area (Å²) in [6.45, 7) is 5.52. The Hall–Kier alpha value is -2.82. The van der Waals surface area contributed by atoms with E-state index in [0.29, 0.717) is 22.7 Å². The van der Waals surface area contributed by atoms with E-state index in [1.165, 1.54) is 20.2 Å². The summed E-state index contributed by atoms with van der Waals surface area (Å²) in [5.74, 6) is -1.46. The van der Waals surface area contributed by atoms with Gasteiger partial charge < -0.3 is 9.47 Å². The number of allylic oxidation sites excluding steroid dienone is 3. The highest BCUT2D eigenvalue weighted by molar-refractivity contribution is 5.63. The Morgan fingerprint density at radius 2 is 2.11 bits per heavy atom. The Labute approximate surface area is 152 Å². The van der Waals surface area contributed by atoms with Crippen LogP contribution >= 0.6 is 0 Å². The summed E-state index contributed by atoms with van der Waals surface area (Å²) in [5, 5.41) is 7.85. The average Bonchev–Trinajstić information content (AvgIpc) is 3.01. The van der Waals surface area contributed by atoms with Crippen molar-refractivity contribution in [3.8, 4) is 0 Å². The highest BCUT2D eigenvalue weighted by Gasteiger charge is 2.38. The van der Waals surface area contributed by atoms with Gasteiger partial charge in [0.25, 0.3) is 0 Å². The van der Waals surface area contributed by atoms with Crippen LogP contribution in [0.3, 0.4) is 0 Å². The number of nitrogens with zero attached hydrogens (tertiary/aromatic N) is 5. The van der Waals surface area contributed by atoms with Crippen molar-refractivity contribution in [2.75, 3.05) is 7.11 Å². The predicted octanol–water partition coefficient (Wildman–Crippen LogP) is 3.48. The van der Waals surface area contributed by atoms with Gasteiger partial charge in [-0.3, -0.25) is 9.38 Å². The third-order valence-electron chi connectivity index (χ3n) is 3.48. The van der Waals surface area contributed by atoms with Crippen molar-refractivity contribution in [2.24, 2.45) is 4.99 Å². The van der Waals surface area contributed by atoms with Crippen LogP contribution in [0.5, 0.6) is 0 Å². The molecule has 0 saturated heterocycles. The van der Waals surface area contributed by atoms with Crippen LogP contribution in [0.1, 0.15) is 25.4 Å². The summed E-state index contributed by atoms with van der Waals surface area (Å²) in [5.41, 5.74) is 1.13. The van der Waals surface area contributed by atoms with Gasteiger partial charge in [-0.05, 0) is 32.2 Å². The minimum absolute atomic E-state index is 0.204. The van der Waals surface area contributed by atoms with E-state index in [2.05, 4.69) is 31.6 Å². The lowest BCUT2D eigenvalue weighted by atomic mass is 10.2. The first kappa shape index (κ1) is 20.5. The Balaban J connectivity index is 2.35. The van der Waals surface area contributed by atoms with Crippen LogP contribution in [0, 0.1) is 0 Å². The van der Waals surface area contributed by atoms with E-state index in [1.807, 2.05) is 0 Å². The molecule has 0 aromatic carbocycles. The first-order chi connectivity index (χ1) is 12.7. The van der Waals surface area contributed by atoms with Crippen LogP contribution in [-0.4, -0.2) is 45.7 Å². The van der Waals surface area contributed by atoms with Gasteiger partial charge in [-0.25, -0.2) is 9.38 Å². The number of aliphatic imine (C=N–C) groups is 1. The molecule has 0 fully saturated rings. The maximum atomic E-state index is 14.3. The average molecular weight is 387 g/mol. The van der Waals surface area contributed by atoms with Crippen molar-refractivity contribution in [3.05, 3.63) is 41.7 Å². The molecule has 0 aliphatic rings. The second-order valence-electron chi connectivity index (χ2n) is 5.49. The van der Waals surface area contributed by atoms with E-state index in [9.17, 15) is 17.6 Å². The maximum absolute atomic E-state index is 14.3. The monoisotopic (exact) mass is 387 g/mol. The number of halogens is 4. The molecule has 2 heterocycles. The van der Waals surface area contributed by atoms with Gasteiger partial charge in [-0.1, -0.05) is 0 Å². The summed E-state index contributed by atoms with van der Waals surface area (Å²) in [6.07, 6.45) is -2.95. The molecule has 0 aliphatic heterocycles. The van der Waals surface area contributed by atoms with Crippen LogP contribution in [0.25, 0.3) is 11.2 Å². The standard InChI is InChI=1S/C16H17F4N5O2/c1-9(5-11(17)15(21-3)27-10(2)16(18,19)20)12-7-25-13(6-22-12)23-24-14(25)8-26-4/h5-7,10H,3,8H2,1-2,4H3/b9-5+,15-11-/t10-/m1/s1. The third kappa shape index (κ3) is 4.88. The molecule has 11 heteroatoms. The first-order valence-corrected chi connectivity index (χ1v) is 7.64. The molecule has 0 N–H and O–H groups in total. The van der Waals surface area contributed by atoms with Crippen molar-refractivity contribution >= 4 is 17.9 Å². The summed E-state index contributed by atoms with van der Waals surface area (Å²) in [6, 6.07) is 0. The van der Waals surface area contributed by atoms with Gasteiger partial charge in [0.15, 0.2) is 23.4 Å². The number of methoxy groups -OCH3 is 1. The second-order valence-corrected chi connectivity index (χ2v) is 5.49. The van der Waals surface area contributed by atoms with Crippen molar-refractivity contribution in [3.63, 3.8) is 0 Å². The summed E-state index contributed by atoms with van der Waals surface area (Å²) < 4.78 is 63.2. The summed E-state index contributed by atoms with van der Waals surface area (Å²) >= 11 is 0. The van der Waals surface area contributed by atoms with Crippen molar-refractivity contribution in [1.82, 2.24) is 19.6 Å². The van der Waals surface area contributed by atoms with Crippen LogP contribution in [0.4, 0.5) is 17.6 Å². The fourth-order valence-corrected chi connectivity index (χ4v) is 2.01. The molecule has 0 radical (unpaired) electrons. The van der Waals surface area contributed by atoms with Crippen LogP contribution in [0.2, 0.25) is 0 Å². The molecule has 0 aliphatic carbocycles. The van der Waals surface area contributed by atoms with Crippen molar-refractivity contribution < 1.29 is 27.0 Å². The highest BCUT2D eigenvalue weighted by Crippen LogP contribution is 2.27. The number of rotatable bonds is 7. The smallest absolute Gasteiger partial charge is 0.425 e. The summed E-state index contributed by atoms with van der Waals surface area (Å²) in [4.78, 5) is 7.32. The van der Waals surface area contributed by atoms with Crippen molar-refractivity contribution in [1.29, 1.82) is 0 Å². The Morgan fingerprint density at radius 1 is 1.41 bits per heavy atom. The number of alkyl halides is 3. The van der Waals surface area contributed by atoms with E-state index in [1.54, 1.807) is 10.6 Å². The van der Waals surface area contributed by atoms with Gasteiger partial charge in [0.2, 0.25) is 5.88 Å². The van der Waals surface area contributed by atoms with Gasteiger partial charge in [0.05, 0.1) is 11.9 Å². The van der Waals surface area contributed by atoms with E-state index in [4.69, 9.17) is 4.74 Å². The zero-order valence-corrected chi connectivity index (χ0v) is 14.8. The normalized spacial score (nSPS) is 14.9. The fraction of sp³-hybridized carbons (Fsp3) is 0.375. The lowest BCUT2D eigenvalue weighted by molar-refractivity contribution is -0.203. The molecular formula is C16H17F4N5O2. The van der Waals surface area contributed by atoms with E-state index in [-0.39, 0.29) is 6.61 Å². The van der Waals surface area contributed by atoms with Crippen LogP contribution in [-0.2, 0) is 16.1 Å². The Bertz CT molecular complexity index is 889. The first-order valence-electron chi connectivity index (χ1n) is 7.64. The molecular weight excluding hydrogens is 370 g/mol. The molecule has 0 amide bonds. The zero-order valence-electron chi connectivity index (χ0n) is 14.8. The van der Waals surface area contributed by atoms with Crippen LogP contribution < -0.4 is 0 Å². The molecule has 1 atom stereocenters. The molecule has 146 valence electrons. The number of fused-ring (bicyclic) bond motifs is 1. The largest absolute Gasteiger partial charge is 0.463 e. The second kappa shape index (κ2) is 8.25. The Kier molecular flexibility index (Phi) is 6.26. The molecule has 0 spiro atoms. The Morgan fingerprint density at radius 3 is 2.70 bits per heavy atom.